The fourth-order valence-electron chi connectivity index (χ4n) is 1.39. The van der Waals surface area contributed by atoms with E-state index in [0.29, 0.717) is 24.4 Å². The second kappa shape index (κ2) is 5.91. The van der Waals surface area contributed by atoms with Crippen LogP contribution in [0.5, 0.6) is 0 Å². The van der Waals surface area contributed by atoms with Crippen LogP contribution >= 0.6 is 0 Å². The fraction of sp³-hybridized carbons (Fsp3) is 0.273. The van der Waals surface area contributed by atoms with Crippen LogP contribution in [0.1, 0.15) is 5.56 Å². The molecule has 0 aromatic carbocycles. The summed E-state index contributed by atoms with van der Waals surface area (Å²) in [6.07, 6.45) is 3.51. The Kier molecular flexibility index (Phi) is 4.04. The summed E-state index contributed by atoms with van der Waals surface area (Å²) >= 11 is 0. The van der Waals surface area contributed by atoms with E-state index in [9.17, 15) is 0 Å². The first-order valence-electron chi connectivity index (χ1n) is 5.72. The first-order chi connectivity index (χ1) is 9.19. The molecule has 0 unspecified atom stereocenters. The van der Waals surface area contributed by atoms with Gasteiger partial charge in [-0.15, -0.1) is 0 Å². The number of hydrogen-bond acceptors (Lipinski definition) is 8. The van der Waals surface area contributed by atoms with Crippen molar-refractivity contribution in [2.75, 3.05) is 29.7 Å². The number of nitrogens with two attached hydrogens (primary N) is 1. The molecule has 0 bridgehead atoms. The molecule has 0 amide bonds. The van der Waals surface area contributed by atoms with Crippen LogP contribution in [0.25, 0.3) is 0 Å². The molecule has 0 aliphatic carbocycles. The Bertz CT molecular complexity index is 527. The number of anilines is 3. The van der Waals surface area contributed by atoms with Crippen LogP contribution in [0.4, 0.5) is 17.8 Å². The molecule has 100 valence electrons. The third-order valence-corrected chi connectivity index (χ3v) is 2.33. The normalized spacial score (nSPS) is 10.1. The standard InChI is InChI=1S/C11H16N8/c1-19(2)11-16-9(15-10(17-11)18-12)14-7-8-4-3-5-13-6-8/h3-6H,7,12H2,1-2H3,(H2,14,15,16,17,18). The maximum absolute atomic E-state index is 5.34. The minimum atomic E-state index is 0.312. The lowest BCUT2D eigenvalue weighted by Gasteiger charge is -2.13. The van der Waals surface area contributed by atoms with Gasteiger partial charge < -0.3 is 10.2 Å². The Morgan fingerprint density at radius 3 is 2.63 bits per heavy atom. The second-order valence-electron chi connectivity index (χ2n) is 4.04. The molecule has 0 fully saturated rings. The zero-order valence-electron chi connectivity index (χ0n) is 10.8. The molecule has 0 aliphatic heterocycles. The van der Waals surface area contributed by atoms with E-state index in [1.54, 1.807) is 17.3 Å². The topological polar surface area (TPSA) is 105 Å². The molecule has 0 aliphatic rings. The first-order valence-corrected chi connectivity index (χ1v) is 5.72. The van der Waals surface area contributed by atoms with Crippen molar-refractivity contribution in [2.24, 2.45) is 5.84 Å². The van der Waals surface area contributed by atoms with Crippen molar-refractivity contribution >= 4 is 17.8 Å². The van der Waals surface area contributed by atoms with E-state index >= 15 is 0 Å². The highest BCUT2D eigenvalue weighted by Crippen LogP contribution is 2.11. The molecule has 0 radical (unpaired) electrons. The highest BCUT2D eigenvalue weighted by molar-refractivity contribution is 5.42. The lowest BCUT2D eigenvalue weighted by Crippen LogP contribution is -2.19. The number of hydrogen-bond donors (Lipinski definition) is 3. The lowest BCUT2D eigenvalue weighted by molar-refractivity contribution is 0.938. The summed E-state index contributed by atoms with van der Waals surface area (Å²) in [5.41, 5.74) is 3.46. The zero-order valence-corrected chi connectivity index (χ0v) is 10.8. The largest absolute Gasteiger partial charge is 0.350 e. The van der Waals surface area contributed by atoms with Gasteiger partial charge in [0, 0.05) is 33.0 Å². The van der Waals surface area contributed by atoms with Crippen LogP contribution in [0, 0.1) is 0 Å². The lowest BCUT2D eigenvalue weighted by atomic mass is 10.3. The van der Waals surface area contributed by atoms with E-state index in [1.807, 2.05) is 26.2 Å². The van der Waals surface area contributed by atoms with Gasteiger partial charge in [-0.05, 0) is 11.6 Å². The van der Waals surface area contributed by atoms with Gasteiger partial charge in [0.05, 0.1) is 0 Å². The monoisotopic (exact) mass is 260 g/mol. The second-order valence-corrected chi connectivity index (χ2v) is 4.04. The maximum Gasteiger partial charge on any atom is 0.243 e. The van der Waals surface area contributed by atoms with Gasteiger partial charge in [-0.1, -0.05) is 6.07 Å². The molecule has 0 saturated carbocycles. The van der Waals surface area contributed by atoms with E-state index in [1.165, 1.54) is 0 Å². The van der Waals surface area contributed by atoms with Gasteiger partial charge in [-0.3, -0.25) is 10.4 Å². The SMILES string of the molecule is CN(C)c1nc(NN)nc(NCc2cccnc2)n1. The Hall–Kier alpha value is -2.48. The van der Waals surface area contributed by atoms with Crippen LogP contribution in [-0.4, -0.2) is 34.0 Å². The first kappa shape index (κ1) is 13.0. The smallest absolute Gasteiger partial charge is 0.243 e. The summed E-state index contributed by atoms with van der Waals surface area (Å²) in [7, 11) is 3.70. The van der Waals surface area contributed by atoms with Crippen molar-refractivity contribution in [1.29, 1.82) is 0 Å². The molecular weight excluding hydrogens is 244 g/mol. The Labute approximate surface area is 111 Å². The van der Waals surface area contributed by atoms with Crippen molar-refractivity contribution in [2.45, 2.75) is 6.54 Å². The van der Waals surface area contributed by atoms with Gasteiger partial charge in [0.15, 0.2) is 0 Å². The average molecular weight is 260 g/mol. The van der Waals surface area contributed by atoms with Crippen molar-refractivity contribution in [1.82, 2.24) is 19.9 Å². The highest BCUT2D eigenvalue weighted by atomic mass is 15.4. The van der Waals surface area contributed by atoms with E-state index in [2.05, 4.69) is 30.7 Å². The highest BCUT2D eigenvalue weighted by Gasteiger charge is 2.07. The zero-order chi connectivity index (χ0) is 13.7. The minimum absolute atomic E-state index is 0.312. The van der Waals surface area contributed by atoms with Crippen molar-refractivity contribution < 1.29 is 0 Å². The Balaban J connectivity index is 2.13. The molecule has 2 aromatic heterocycles. The molecule has 2 aromatic rings. The van der Waals surface area contributed by atoms with E-state index in [0.717, 1.165) is 5.56 Å². The van der Waals surface area contributed by atoms with Crippen LogP contribution in [0.3, 0.4) is 0 Å². The van der Waals surface area contributed by atoms with Gasteiger partial charge in [0.2, 0.25) is 17.8 Å². The molecule has 8 heteroatoms. The molecule has 4 N–H and O–H groups in total. The summed E-state index contributed by atoms with van der Waals surface area (Å²) in [6.45, 7) is 0.578. The number of pyridine rings is 1. The number of hydrazine groups is 1. The average Bonchev–Trinajstić information content (AvgIpc) is 2.45. The van der Waals surface area contributed by atoms with Crippen molar-refractivity contribution in [3.8, 4) is 0 Å². The molecule has 19 heavy (non-hydrogen) atoms. The van der Waals surface area contributed by atoms with Crippen LogP contribution < -0.4 is 21.5 Å². The van der Waals surface area contributed by atoms with Crippen molar-refractivity contribution in [3.05, 3.63) is 30.1 Å². The summed E-state index contributed by atoms with van der Waals surface area (Å²) in [4.78, 5) is 18.3. The minimum Gasteiger partial charge on any atom is -0.350 e. The van der Waals surface area contributed by atoms with Gasteiger partial charge in [-0.2, -0.15) is 15.0 Å². The maximum atomic E-state index is 5.34. The number of nitrogens with zero attached hydrogens (tertiary/aromatic N) is 5. The van der Waals surface area contributed by atoms with Gasteiger partial charge >= 0.3 is 0 Å². The molecule has 0 saturated heterocycles. The number of rotatable bonds is 5. The number of nitrogens with one attached hydrogen (secondary N) is 2. The van der Waals surface area contributed by atoms with Crippen LogP contribution in [0.2, 0.25) is 0 Å². The van der Waals surface area contributed by atoms with Crippen LogP contribution in [0.15, 0.2) is 24.5 Å². The van der Waals surface area contributed by atoms with E-state index in [4.69, 9.17) is 5.84 Å². The van der Waals surface area contributed by atoms with E-state index in [-0.39, 0.29) is 0 Å². The van der Waals surface area contributed by atoms with Gasteiger partial charge in [0.25, 0.3) is 0 Å². The quantitative estimate of drug-likeness (QED) is 0.518. The Morgan fingerprint density at radius 1 is 1.21 bits per heavy atom. The predicted octanol–water partition coefficient (Wildman–Crippen LogP) is 0.230. The third kappa shape index (κ3) is 3.49. The molecule has 2 heterocycles. The predicted molar refractivity (Wildman–Crippen MR) is 73.5 cm³/mol. The molecule has 0 atom stereocenters. The summed E-state index contributed by atoms with van der Waals surface area (Å²) in [5.74, 6) is 6.63. The van der Waals surface area contributed by atoms with E-state index < -0.39 is 0 Å². The van der Waals surface area contributed by atoms with Crippen LogP contribution in [-0.2, 0) is 6.54 Å². The summed E-state index contributed by atoms with van der Waals surface area (Å²) in [6, 6.07) is 3.85. The number of nitrogen functional groups attached to an aromatic ring is 1. The third-order valence-electron chi connectivity index (χ3n) is 2.33. The molecule has 2 rings (SSSR count). The molecule has 0 spiro atoms. The summed E-state index contributed by atoms with van der Waals surface area (Å²) in [5, 5.41) is 3.11. The molecule has 8 nitrogen and oxygen atoms in total. The van der Waals surface area contributed by atoms with Crippen molar-refractivity contribution in [3.63, 3.8) is 0 Å². The Morgan fingerprint density at radius 2 is 2.00 bits per heavy atom. The summed E-state index contributed by atoms with van der Waals surface area (Å²) < 4.78 is 0. The fourth-order valence-corrected chi connectivity index (χ4v) is 1.39. The van der Waals surface area contributed by atoms with Gasteiger partial charge in [-0.25, -0.2) is 5.84 Å². The van der Waals surface area contributed by atoms with Gasteiger partial charge in [0.1, 0.15) is 0 Å². The molecular formula is C11H16N8. The number of aromatic nitrogens is 4.